The summed E-state index contributed by atoms with van der Waals surface area (Å²) in [4.78, 5) is 44.3. The molecule has 3 fully saturated rings. The largest absolute Gasteiger partial charge is 0.347 e. The Hall–Kier alpha value is -3.34. The molecule has 0 bridgehead atoms. The van der Waals surface area contributed by atoms with Crippen LogP contribution in [0.3, 0.4) is 0 Å². The van der Waals surface area contributed by atoms with Crippen molar-refractivity contribution in [2.75, 3.05) is 51.7 Å². The van der Waals surface area contributed by atoms with Crippen molar-refractivity contribution in [2.45, 2.75) is 24.5 Å². The number of aldehydes is 2. The van der Waals surface area contributed by atoms with Gasteiger partial charge in [-0.15, -0.1) is 0 Å². The first-order chi connectivity index (χ1) is 18.9. The van der Waals surface area contributed by atoms with Gasteiger partial charge in [-0.1, -0.05) is 28.6 Å². The van der Waals surface area contributed by atoms with E-state index in [-0.39, 0.29) is 18.0 Å². The maximum Gasteiger partial charge on any atom is 0.256 e. The van der Waals surface area contributed by atoms with Crippen LogP contribution in [0.25, 0.3) is 10.9 Å². The molecule has 0 atom stereocenters. The van der Waals surface area contributed by atoms with Crippen LogP contribution >= 0.6 is 15.9 Å². The minimum atomic E-state index is 0.0196. The number of carbonyl (C=O) groups is 3. The van der Waals surface area contributed by atoms with Crippen molar-refractivity contribution in [1.29, 1.82) is 0 Å². The lowest BCUT2D eigenvalue weighted by Crippen LogP contribution is -2.78. The van der Waals surface area contributed by atoms with Crippen LogP contribution in [0.1, 0.15) is 16.8 Å². The maximum atomic E-state index is 13.2. The average Bonchev–Trinajstić information content (AvgIpc) is 3.24. The Bertz CT molecular complexity index is 1310. The Morgan fingerprint density at radius 2 is 1.97 bits per heavy atom. The number of nitrogens with zero attached hydrogens (tertiary/aromatic N) is 5. The SMILES string of the molecule is C=CC=O.CNC1CN(C)C1.O=CCn1cc(C(=O)N2CC3(CCN3c3ccccn3)C2)c2cc(Br)ccc21. The highest BCUT2D eigenvalue weighted by Crippen LogP contribution is 2.42. The smallest absolute Gasteiger partial charge is 0.256 e. The van der Waals surface area contributed by atoms with Crippen molar-refractivity contribution in [1.82, 2.24) is 24.7 Å². The number of nitrogens with one attached hydrogen (secondary N) is 1. The van der Waals surface area contributed by atoms with Crippen LogP contribution in [0.15, 0.2) is 65.9 Å². The first-order valence-electron chi connectivity index (χ1n) is 13.0. The van der Waals surface area contributed by atoms with Crippen LogP contribution in [-0.4, -0.2) is 96.2 Å². The van der Waals surface area contributed by atoms with Crippen molar-refractivity contribution >= 4 is 51.1 Å². The number of benzene rings is 1. The number of fused-ring (bicyclic) bond motifs is 1. The topological polar surface area (TPSA) is 90.8 Å². The van der Waals surface area contributed by atoms with E-state index in [0.29, 0.717) is 24.9 Å². The molecule has 2 aromatic heterocycles. The molecule has 0 aliphatic carbocycles. The number of halogens is 1. The lowest BCUT2D eigenvalue weighted by atomic mass is 9.77. The molecule has 6 rings (SSSR count). The maximum absolute atomic E-state index is 13.2. The Balaban J connectivity index is 0.000000270. The third-order valence-electron chi connectivity index (χ3n) is 7.47. The fourth-order valence-electron chi connectivity index (χ4n) is 5.27. The summed E-state index contributed by atoms with van der Waals surface area (Å²) < 4.78 is 2.75. The van der Waals surface area contributed by atoms with Crippen molar-refractivity contribution in [3.8, 4) is 0 Å². The molecule has 5 heterocycles. The van der Waals surface area contributed by atoms with E-state index in [0.717, 1.165) is 46.5 Å². The summed E-state index contributed by atoms with van der Waals surface area (Å²) in [7, 11) is 4.14. The second-order valence-electron chi connectivity index (χ2n) is 10.1. The van der Waals surface area contributed by atoms with E-state index in [2.05, 4.69) is 49.7 Å². The molecule has 3 aliphatic rings. The van der Waals surface area contributed by atoms with Gasteiger partial charge in [-0.25, -0.2) is 4.98 Å². The fourth-order valence-corrected chi connectivity index (χ4v) is 5.63. The van der Waals surface area contributed by atoms with E-state index in [4.69, 9.17) is 4.79 Å². The summed E-state index contributed by atoms with van der Waals surface area (Å²) in [5.41, 5.74) is 1.57. The molecular formula is C29H35BrN6O3. The van der Waals surface area contributed by atoms with Gasteiger partial charge in [0.2, 0.25) is 0 Å². The average molecular weight is 596 g/mol. The number of anilines is 1. The molecule has 1 amide bonds. The van der Waals surface area contributed by atoms with E-state index in [1.165, 1.54) is 19.2 Å². The summed E-state index contributed by atoms with van der Waals surface area (Å²) in [6.45, 7) is 8.17. The highest BCUT2D eigenvalue weighted by Gasteiger charge is 2.55. The van der Waals surface area contributed by atoms with Crippen LogP contribution in [0.2, 0.25) is 0 Å². The van der Waals surface area contributed by atoms with Gasteiger partial charge in [0.1, 0.15) is 18.4 Å². The summed E-state index contributed by atoms with van der Waals surface area (Å²) >= 11 is 3.49. The molecule has 39 heavy (non-hydrogen) atoms. The number of allylic oxidation sites excluding steroid dienone is 1. The van der Waals surface area contributed by atoms with Crippen molar-refractivity contribution in [3.05, 3.63) is 71.5 Å². The predicted octanol–water partition coefficient (Wildman–Crippen LogP) is 2.99. The molecular weight excluding hydrogens is 560 g/mol. The third-order valence-corrected chi connectivity index (χ3v) is 7.96. The van der Waals surface area contributed by atoms with Crippen LogP contribution in [0.5, 0.6) is 0 Å². The number of rotatable bonds is 6. The molecule has 0 saturated carbocycles. The van der Waals surface area contributed by atoms with E-state index in [1.54, 1.807) is 6.20 Å². The minimum Gasteiger partial charge on any atom is -0.347 e. The minimum absolute atomic E-state index is 0.0196. The standard InChI is InChI=1S/C21H19BrN4O2.C5H12N2.C3H4O/c22-15-4-5-18-16(11-15)17(12-24(18)9-10-27)20(28)25-13-21(14-25)6-8-26(21)19-3-1-2-7-23-19;1-6-5-3-7(2)4-5;1-2-3-4/h1-5,7,10-12H,6,8-9,13-14H2;5-6H,3-4H2,1-2H3;2-3H,1H2. The molecule has 1 N–H and O–H groups in total. The zero-order chi connectivity index (χ0) is 28.0. The number of amides is 1. The Kier molecular flexibility index (Phi) is 9.32. The number of hydrogen-bond donors (Lipinski definition) is 1. The number of carbonyl (C=O) groups excluding carboxylic acids is 3. The molecule has 206 valence electrons. The molecule has 10 heteroatoms. The summed E-state index contributed by atoms with van der Waals surface area (Å²) in [6, 6.07) is 12.5. The number of aromatic nitrogens is 2. The quantitative estimate of drug-likeness (QED) is 0.346. The Labute approximate surface area is 237 Å². The van der Waals surface area contributed by atoms with Crippen molar-refractivity contribution in [3.63, 3.8) is 0 Å². The second-order valence-corrected chi connectivity index (χ2v) is 11.0. The molecule has 1 aromatic carbocycles. The highest BCUT2D eigenvalue weighted by atomic mass is 79.9. The normalized spacial score (nSPS) is 17.5. The summed E-state index contributed by atoms with van der Waals surface area (Å²) in [5.74, 6) is 0.999. The van der Waals surface area contributed by atoms with E-state index >= 15 is 0 Å². The highest BCUT2D eigenvalue weighted by molar-refractivity contribution is 9.10. The van der Waals surface area contributed by atoms with Gasteiger partial charge in [-0.2, -0.15) is 0 Å². The van der Waals surface area contributed by atoms with Gasteiger partial charge in [0.05, 0.1) is 17.6 Å². The molecule has 3 saturated heterocycles. The van der Waals surface area contributed by atoms with Crippen molar-refractivity contribution < 1.29 is 14.4 Å². The fraction of sp³-hybridized carbons (Fsp3) is 0.379. The van der Waals surface area contributed by atoms with Crippen LogP contribution < -0.4 is 10.2 Å². The van der Waals surface area contributed by atoms with Crippen LogP contribution in [0.4, 0.5) is 5.82 Å². The van der Waals surface area contributed by atoms with Gasteiger partial charge in [-0.05, 0) is 56.9 Å². The van der Waals surface area contributed by atoms with Gasteiger partial charge < -0.3 is 29.4 Å². The van der Waals surface area contributed by atoms with Crippen molar-refractivity contribution in [2.24, 2.45) is 0 Å². The van der Waals surface area contributed by atoms with E-state index in [9.17, 15) is 9.59 Å². The summed E-state index contributed by atoms with van der Waals surface area (Å²) in [5, 5.41) is 4.06. The lowest BCUT2D eigenvalue weighted by Gasteiger charge is -2.62. The van der Waals surface area contributed by atoms with E-state index in [1.807, 2.05) is 59.1 Å². The first kappa shape index (κ1) is 28.7. The zero-order valence-corrected chi connectivity index (χ0v) is 24.0. The third kappa shape index (κ3) is 6.13. The molecule has 9 nitrogen and oxygen atoms in total. The van der Waals surface area contributed by atoms with Crippen LogP contribution in [-0.2, 0) is 16.1 Å². The Morgan fingerprint density at radius 1 is 1.23 bits per heavy atom. The zero-order valence-electron chi connectivity index (χ0n) is 22.4. The monoisotopic (exact) mass is 594 g/mol. The lowest BCUT2D eigenvalue weighted by molar-refractivity contribution is -0.108. The Morgan fingerprint density at radius 3 is 2.49 bits per heavy atom. The number of hydrogen-bond acceptors (Lipinski definition) is 7. The van der Waals surface area contributed by atoms with Gasteiger partial charge in [0.25, 0.3) is 5.91 Å². The van der Waals surface area contributed by atoms with E-state index < -0.39 is 0 Å². The van der Waals surface area contributed by atoms with Gasteiger partial charge in [-0.3, -0.25) is 9.59 Å². The number of likely N-dealkylation sites (N-methyl/N-ethyl adjacent to an activating group) is 2. The molecule has 0 radical (unpaired) electrons. The predicted molar refractivity (Wildman–Crippen MR) is 157 cm³/mol. The first-order valence-corrected chi connectivity index (χ1v) is 13.8. The number of likely N-dealkylation sites (tertiary alicyclic amines) is 2. The van der Waals surface area contributed by atoms with Gasteiger partial charge in [0.15, 0.2) is 0 Å². The van der Waals surface area contributed by atoms with Gasteiger partial charge >= 0.3 is 0 Å². The number of pyridine rings is 1. The second kappa shape index (κ2) is 12.7. The van der Waals surface area contributed by atoms with Crippen LogP contribution in [0, 0.1) is 0 Å². The molecule has 1 spiro atoms. The molecule has 3 aromatic rings. The molecule has 0 unspecified atom stereocenters. The van der Waals surface area contributed by atoms with Gasteiger partial charge in [0, 0.05) is 66.5 Å². The molecule has 3 aliphatic heterocycles. The summed E-state index contributed by atoms with van der Waals surface area (Å²) in [6.07, 6.45) is 7.37.